The molecule has 8 nitrogen and oxygen atoms in total. The Hall–Kier alpha value is -1.67. The van der Waals surface area contributed by atoms with Crippen molar-refractivity contribution in [1.29, 1.82) is 0 Å². The highest BCUT2D eigenvalue weighted by Gasteiger charge is 2.38. The zero-order valence-electron chi connectivity index (χ0n) is 25.5. The molecule has 1 aliphatic heterocycles. The number of rotatable bonds is 24. The molecule has 1 unspecified atom stereocenters. The second-order valence-corrected chi connectivity index (χ2v) is 11.6. The Balaban J connectivity index is 2.34. The molecule has 228 valence electrons. The number of hydrogen-bond acceptors (Lipinski definition) is 7. The lowest BCUT2D eigenvalue weighted by atomic mass is 10.0. The smallest absolute Gasteiger partial charge is 0.321 e. The molecule has 1 fully saturated rings. The van der Waals surface area contributed by atoms with Gasteiger partial charge in [0.15, 0.2) is 0 Å². The van der Waals surface area contributed by atoms with Crippen LogP contribution in [0, 0.1) is 0 Å². The highest BCUT2D eigenvalue weighted by molar-refractivity contribution is 5.74. The van der Waals surface area contributed by atoms with Gasteiger partial charge in [-0.05, 0) is 59.2 Å². The van der Waals surface area contributed by atoms with Crippen LogP contribution in [0.15, 0.2) is 0 Å². The number of nitrogens with zero attached hydrogens (tertiary/aromatic N) is 2. The first-order chi connectivity index (χ1) is 18.8. The molecule has 0 aromatic heterocycles. The molecule has 1 rings (SSSR count). The van der Waals surface area contributed by atoms with Crippen LogP contribution in [0.25, 0.3) is 0 Å². The van der Waals surface area contributed by atoms with Gasteiger partial charge in [0, 0.05) is 25.9 Å². The number of carboxylic acids is 1. The van der Waals surface area contributed by atoms with Crippen molar-refractivity contribution >= 4 is 17.9 Å². The molecule has 0 aromatic carbocycles. The Bertz CT molecular complexity index is 671. The topological polar surface area (TPSA) is 96.4 Å². The summed E-state index contributed by atoms with van der Waals surface area (Å²) in [5, 5.41) is 9.63. The molecule has 0 amide bonds. The van der Waals surface area contributed by atoms with Crippen LogP contribution in [-0.4, -0.2) is 84.8 Å². The van der Waals surface area contributed by atoms with E-state index in [1.807, 2.05) is 23.9 Å². The van der Waals surface area contributed by atoms with Crippen LogP contribution in [0.3, 0.4) is 0 Å². The number of likely N-dealkylation sites (tertiary alicyclic amines) is 1. The monoisotopic (exact) mass is 554 g/mol. The maximum absolute atomic E-state index is 12.6. The minimum atomic E-state index is -0.874. The van der Waals surface area contributed by atoms with E-state index >= 15 is 0 Å². The van der Waals surface area contributed by atoms with Crippen molar-refractivity contribution in [2.24, 2.45) is 0 Å². The molecule has 8 heteroatoms. The molecule has 1 saturated heterocycles. The molecule has 0 aromatic rings. The molecule has 1 N–H and O–H groups in total. The predicted octanol–water partition coefficient (Wildman–Crippen LogP) is 6.20. The summed E-state index contributed by atoms with van der Waals surface area (Å²) in [6.45, 7) is 6.12. The lowest BCUT2D eigenvalue weighted by Crippen LogP contribution is -2.36. The van der Waals surface area contributed by atoms with Crippen LogP contribution in [0.2, 0.25) is 0 Å². The molecule has 3 atom stereocenters. The van der Waals surface area contributed by atoms with Crippen LogP contribution < -0.4 is 0 Å². The average molecular weight is 555 g/mol. The zero-order valence-corrected chi connectivity index (χ0v) is 25.5. The zero-order chi connectivity index (χ0) is 28.9. The number of esters is 2. The molecule has 1 heterocycles. The van der Waals surface area contributed by atoms with Gasteiger partial charge in [-0.3, -0.25) is 19.3 Å². The second-order valence-electron chi connectivity index (χ2n) is 11.6. The summed E-state index contributed by atoms with van der Waals surface area (Å²) in [5.74, 6) is -1.25. The average Bonchev–Trinajstić information content (AvgIpc) is 3.29. The number of carbonyl (C=O) groups is 3. The van der Waals surface area contributed by atoms with E-state index in [4.69, 9.17) is 9.47 Å². The molecule has 0 radical (unpaired) electrons. The van der Waals surface area contributed by atoms with Gasteiger partial charge in [0.25, 0.3) is 0 Å². The highest BCUT2D eigenvalue weighted by atomic mass is 16.5. The summed E-state index contributed by atoms with van der Waals surface area (Å²) in [5.41, 5.74) is 0. The summed E-state index contributed by atoms with van der Waals surface area (Å²) in [6.07, 6.45) is 17.2. The van der Waals surface area contributed by atoms with Gasteiger partial charge in [0.1, 0.15) is 18.2 Å². The minimum Gasteiger partial charge on any atom is -0.480 e. The van der Waals surface area contributed by atoms with Gasteiger partial charge in [0.05, 0.1) is 6.42 Å². The van der Waals surface area contributed by atoms with Crippen molar-refractivity contribution in [1.82, 2.24) is 9.80 Å². The Morgan fingerprint density at radius 1 is 0.821 bits per heavy atom. The maximum atomic E-state index is 12.6. The van der Waals surface area contributed by atoms with Gasteiger partial charge in [-0.25, -0.2) is 0 Å². The van der Waals surface area contributed by atoms with E-state index in [9.17, 15) is 19.5 Å². The molecule has 1 aliphatic rings. The number of hydrogen-bond donors (Lipinski definition) is 1. The van der Waals surface area contributed by atoms with Crippen LogP contribution in [-0.2, 0) is 23.9 Å². The number of aliphatic carboxylic acids is 1. The fraction of sp³-hybridized carbons (Fsp3) is 0.903. The van der Waals surface area contributed by atoms with Gasteiger partial charge in [-0.2, -0.15) is 0 Å². The van der Waals surface area contributed by atoms with E-state index in [0.717, 1.165) is 44.9 Å². The summed E-state index contributed by atoms with van der Waals surface area (Å²) < 4.78 is 11.4. The SMILES string of the molecule is CCCCCCCCC(CCCCCC)OC(=O)CCCCCN1C[C@@H](OC(=O)CCN(C)C)C[C@H]1C(=O)O. The van der Waals surface area contributed by atoms with Crippen molar-refractivity contribution in [2.45, 2.75) is 148 Å². The molecule has 0 aliphatic carbocycles. The van der Waals surface area contributed by atoms with Crippen molar-refractivity contribution in [3.05, 3.63) is 0 Å². The Labute approximate surface area is 238 Å². The van der Waals surface area contributed by atoms with E-state index < -0.39 is 12.0 Å². The quantitative estimate of drug-likeness (QED) is 0.111. The van der Waals surface area contributed by atoms with E-state index in [1.54, 1.807) is 0 Å². The first-order valence-corrected chi connectivity index (χ1v) is 15.8. The van der Waals surface area contributed by atoms with Crippen molar-refractivity contribution in [3.63, 3.8) is 0 Å². The van der Waals surface area contributed by atoms with E-state index in [1.165, 1.54) is 51.4 Å². The summed E-state index contributed by atoms with van der Waals surface area (Å²) in [4.78, 5) is 40.2. The number of unbranched alkanes of at least 4 members (excludes halogenated alkanes) is 10. The lowest BCUT2D eigenvalue weighted by molar-refractivity contribution is -0.150. The summed E-state index contributed by atoms with van der Waals surface area (Å²) in [6, 6.07) is -0.628. The molecule has 0 spiro atoms. The van der Waals surface area contributed by atoms with Crippen LogP contribution >= 0.6 is 0 Å². The molecule has 0 saturated carbocycles. The van der Waals surface area contributed by atoms with Gasteiger partial charge in [-0.1, -0.05) is 71.6 Å². The van der Waals surface area contributed by atoms with E-state index in [2.05, 4.69) is 13.8 Å². The van der Waals surface area contributed by atoms with E-state index in [0.29, 0.717) is 38.9 Å². The number of carbonyl (C=O) groups excluding carboxylic acids is 2. The van der Waals surface area contributed by atoms with Gasteiger partial charge >= 0.3 is 17.9 Å². The van der Waals surface area contributed by atoms with Gasteiger partial charge < -0.3 is 19.5 Å². The third-order valence-electron chi connectivity index (χ3n) is 7.60. The maximum Gasteiger partial charge on any atom is 0.321 e. The summed E-state index contributed by atoms with van der Waals surface area (Å²) >= 11 is 0. The molecular weight excluding hydrogens is 496 g/mol. The van der Waals surface area contributed by atoms with Crippen LogP contribution in [0.4, 0.5) is 0 Å². The fourth-order valence-corrected chi connectivity index (χ4v) is 5.23. The molecular formula is C31H58N2O6. The third kappa shape index (κ3) is 17.6. The van der Waals surface area contributed by atoms with Crippen molar-refractivity contribution in [3.8, 4) is 0 Å². The standard InChI is InChI=1S/C31H58N2O6/c1-5-7-9-11-12-15-19-26(18-14-10-8-6-2)38-29(34)20-16-13-17-22-33-25-27(24-28(33)31(36)37)39-30(35)21-23-32(3)4/h26-28H,5-25H2,1-4H3,(H,36,37)/t26?,27-,28-/m0/s1. The number of carboxylic acid groups (broad SMARTS) is 1. The molecule has 0 bridgehead atoms. The van der Waals surface area contributed by atoms with Crippen molar-refractivity contribution in [2.75, 3.05) is 33.7 Å². The lowest BCUT2D eigenvalue weighted by Gasteiger charge is -2.20. The Morgan fingerprint density at radius 3 is 2.03 bits per heavy atom. The molecule has 39 heavy (non-hydrogen) atoms. The van der Waals surface area contributed by atoms with Crippen molar-refractivity contribution < 1.29 is 29.0 Å². The Kier molecular flexibility index (Phi) is 20.0. The predicted molar refractivity (Wildman–Crippen MR) is 156 cm³/mol. The van der Waals surface area contributed by atoms with Crippen LogP contribution in [0.1, 0.15) is 129 Å². The first kappa shape index (κ1) is 35.4. The van der Waals surface area contributed by atoms with Gasteiger partial charge in [-0.15, -0.1) is 0 Å². The normalized spacial score (nSPS) is 18.4. The second kappa shape index (κ2) is 22.1. The summed E-state index contributed by atoms with van der Waals surface area (Å²) in [7, 11) is 3.79. The Morgan fingerprint density at radius 2 is 1.41 bits per heavy atom. The number of ether oxygens (including phenoxy) is 2. The first-order valence-electron chi connectivity index (χ1n) is 15.8. The van der Waals surface area contributed by atoms with Gasteiger partial charge in [0.2, 0.25) is 0 Å². The largest absolute Gasteiger partial charge is 0.480 e. The third-order valence-corrected chi connectivity index (χ3v) is 7.60. The van der Waals surface area contributed by atoms with Crippen LogP contribution in [0.5, 0.6) is 0 Å². The minimum absolute atomic E-state index is 0.0406. The fourth-order valence-electron chi connectivity index (χ4n) is 5.23. The van der Waals surface area contributed by atoms with E-state index in [-0.39, 0.29) is 24.1 Å². The highest BCUT2D eigenvalue weighted by Crippen LogP contribution is 2.22.